The quantitative estimate of drug-likeness (QED) is 0.362. The van der Waals surface area contributed by atoms with Gasteiger partial charge in [0.25, 0.3) is 0 Å². The molecule has 1 unspecified atom stereocenters. The molecule has 0 saturated carbocycles. The predicted octanol–water partition coefficient (Wildman–Crippen LogP) is 5.02. The number of hydrogen-bond acceptors (Lipinski definition) is 2. The van der Waals surface area contributed by atoms with E-state index >= 15 is 0 Å². The Hall–Kier alpha value is -1.83. The average molecular weight is 286 g/mol. The molecule has 1 atom stereocenters. The normalized spacial score (nSPS) is 12.3. The van der Waals surface area contributed by atoms with E-state index in [-0.39, 0.29) is 11.9 Å². The summed E-state index contributed by atoms with van der Waals surface area (Å²) in [4.78, 5) is 11.9. The number of esters is 1. The van der Waals surface area contributed by atoms with Crippen LogP contribution in [0.1, 0.15) is 45.1 Å². The molecule has 0 spiro atoms. The molecule has 0 radical (unpaired) electrons. The van der Waals surface area contributed by atoms with Crippen molar-refractivity contribution in [3.05, 3.63) is 54.1 Å². The van der Waals surface area contributed by atoms with Gasteiger partial charge in [-0.25, -0.2) is 4.79 Å². The fraction of sp³-hybridized carbons (Fsp3) is 0.421. The van der Waals surface area contributed by atoms with Crippen LogP contribution in [0.15, 0.2) is 48.6 Å². The van der Waals surface area contributed by atoms with Gasteiger partial charge in [0, 0.05) is 11.5 Å². The third-order valence-electron chi connectivity index (χ3n) is 3.42. The maximum absolute atomic E-state index is 11.9. The van der Waals surface area contributed by atoms with Crippen LogP contribution in [0.5, 0.6) is 0 Å². The third-order valence-corrected chi connectivity index (χ3v) is 3.42. The Labute approximate surface area is 128 Å². The van der Waals surface area contributed by atoms with Gasteiger partial charge in [0.1, 0.15) is 0 Å². The number of rotatable bonds is 9. The summed E-state index contributed by atoms with van der Waals surface area (Å²) in [6.07, 6.45) is 8.40. The highest BCUT2D eigenvalue weighted by atomic mass is 16.5. The predicted molar refractivity (Wildman–Crippen MR) is 88.9 cm³/mol. The molecule has 2 heteroatoms. The number of allylic oxidation sites excluding steroid dienone is 1. The second-order valence-electron chi connectivity index (χ2n) is 5.28. The minimum atomic E-state index is -0.281. The topological polar surface area (TPSA) is 26.3 Å². The van der Waals surface area contributed by atoms with Crippen LogP contribution in [-0.4, -0.2) is 12.6 Å². The summed E-state index contributed by atoms with van der Waals surface area (Å²) >= 11 is 0. The first kappa shape index (κ1) is 17.2. The van der Waals surface area contributed by atoms with Crippen molar-refractivity contribution in [3.63, 3.8) is 0 Å². The van der Waals surface area contributed by atoms with Crippen molar-refractivity contribution in [2.75, 3.05) is 6.61 Å². The number of unbranched alkanes of at least 4 members (excludes halogenated alkanes) is 3. The zero-order chi connectivity index (χ0) is 15.5. The van der Waals surface area contributed by atoms with Crippen molar-refractivity contribution in [3.8, 4) is 0 Å². The van der Waals surface area contributed by atoms with Gasteiger partial charge in [-0.2, -0.15) is 0 Å². The molecule has 0 amide bonds. The van der Waals surface area contributed by atoms with Gasteiger partial charge < -0.3 is 4.74 Å². The fourth-order valence-corrected chi connectivity index (χ4v) is 1.91. The van der Waals surface area contributed by atoms with E-state index in [1.165, 1.54) is 12.8 Å². The van der Waals surface area contributed by atoms with Crippen LogP contribution in [0, 0.1) is 5.92 Å². The molecule has 21 heavy (non-hydrogen) atoms. The highest BCUT2D eigenvalue weighted by Crippen LogP contribution is 2.14. The summed E-state index contributed by atoms with van der Waals surface area (Å²) in [5.41, 5.74) is 1.63. The lowest BCUT2D eigenvalue weighted by Crippen LogP contribution is -2.12. The molecular formula is C19H26O2. The highest BCUT2D eigenvalue weighted by Gasteiger charge is 2.13. The summed E-state index contributed by atoms with van der Waals surface area (Å²) in [6, 6.07) is 10.0. The minimum absolute atomic E-state index is 0.0200. The smallest absolute Gasteiger partial charge is 0.333 e. The van der Waals surface area contributed by atoms with E-state index in [0.29, 0.717) is 12.2 Å². The van der Waals surface area contributed by atoms with Crippen molar-refractivity contribution >= 4 is 12.0 Å². The first-order valence-corrected chi connectivity index (χ1v) is 7.74. The van der Waals surface area contributed by atoms with Crippen LogP contribution in [-0.2, 0) is 9.53 Å². The zero-order valence-electron chi connectivity index (χ0n) is 13.2. The molecule has 2 nitrogen and oxygen atoms in total. The first-order valence-electron chi connectivity index (χ1n) is 7.74. The van der Waals surface area contributed by atoms with E-state index in [1.807, 2.05) is 49.4 Å². The second kappa shape index (κ2) is 9.98. The summed E-state index contributed by atoms with van der Waals surface area (Å²) in [5, 5.41) is 0. The second-order valence-corrected chi connectivity index (χ2v) is 5.28. The molecule has 0 bridgehead atoms. The Morgan fingerprint density at radius 3 is 2.62 bits per heavy atom. The molecule has 1 aromatic carbocycles. The van der Waals surface area contributed by atoms with Crippen molar-refractivity contribution < 1.29 is 9.53 Å². The Morgan fingerprint density at radius 2 is 1.95 bits per heavy atom. The van der Waals surface area contributed by atoms with Gasteiger partial charge in [-0.3, -0.25) is 0 Å². The third kappa shape index (κ3) is 6.94. The van der Waals surface area contributed by atoms with Gasteiger partial charge in [-0.1, -0.05) is 82.2 Å². The minimum Gasteiger partial charge on any atom is -0.462 e. The number of benzene rings is 1. The fourth-order valence-electron chi connectivity index (χ4n) is 1.91. The van der Waals surface area contributed by atoms with Crippen molar-refractivity contribution in [2.45, 2.75) is 39.5 Å². The molecule has 114 valence electrons. The maximum atomic E-state index is 11.9. The summed E-state index contributed by atoms with van der Waals surface area (Å²) in [7, 11) is 0. The van der Waals surface area contributed by atoms with Crippen LogP contribution in [0.2, 0.25) is 0 Å². The zero-order valence-corrected chi connectivity index (χ0v) is 13.2. The van der Waals surface area contributed by atoms with E-state index in [4.69, 9.17) is 4.74 Å². The van der Waals surface area contributed by atoms with Crippen molar-refractivity contribution in [2.24, 2.45) is 5.92 Å². The van der Waals surface area contributed by atoms with Crippen LogP contribution >= 0.6 is 0 Å². The summed E-state index contributed by atoms with van der Waals surface area (Å²) in [5.74, 6) is -0.301. The highest BCUT2D eigenvalue weighted by molar-refractivity contribution is 5.88. The van der Waals surface area contributed by atoms with Crippen LogP contribution < -0.4 is 0 Å². The summed E-state index contributed by atoms with van der Waals surface area (Å²) in [6.45, 7) is 8.47. The van der Waals surface area contributed by atoms with Crippen LogP contribution in [0.4, 0.5) is 0 Å². The molecule has 0 aliphatic carbocycles. The van der Waals surface area contributed by atoms with E-state index < -0.39 is 0 Å². The molecule has 0 aromatic heterocycles. The van der Waals surface area contributed by atoms with Gasteiger partial charge in [0.15, 0.2) is 0 Å². The molecule has 0 saturated heterocycles. The molecular weight excluding hydrogens is 260 g/mol. The van der Waals surface area contributed by atoms with Gasteiger partial charge in [0.05, 0.1) is 6.61 Å². The van der Waals surface area contributed by atoms with E-state index in [1.54, 1.807) is 0 Å². The number of carbonyl (C=O) groups is 1. The van der Waals surface area contributed by atoms with Crippen LogP contribution in [0.25, 0.3) is 6.08 Å². The standard InChI is InChI=1S/C19H26O2/c1-4-5-6-10-15-21-19(20)17(3)16(2)13-14-18-11-8-7-9-12-18/h7-9,11-14,16H,3-6,10,15H2,1-2H3. The average Bonchev–Trinajstić information content (AvgIpc) is 2.52. The van der Waals surface area contributed by atoms with Crippen LogP contribution in [0.3, 0.4) is 0 Å². The molecule has 0 aliphatic heterocycles. The largest absolute Gasteiger partial charge is 0.462 e. The molecule has 0 aliphatic rings. The monoisotopic (exact) mass is 286 g/mol. The van der Waals surface area contributed by atoms with Gasteiger partial charge in [0.2, 0.25) is 0 Å². The van der Waals surface area contributed by atoms with Crippen molar-refractivity contribution in [1.29, 1.82) is 0 Å². The van der Waals surface area contributed by atoms with E-state index in [2.05, 4.69) is 13.5 Å². The lowest BCUT2D eigenvalue weighted by atomic mass is 10.0. The molecule has 1 aromatic rings. The number of carbonyl (C=O) groups excluding carboxylic acids is 1. The SMILES string of the molecule is C=C(C(=O)OCCCCCC)C(C)C=Cc1ccccc1. The molecule has 0 heterocycles. The van der Waals surface area contributed by atoms with E-state index in [9.17, 15) is 4.79 Å². The Bertz CT molecular complexity index is 460. The molecule has 0 fully saturated rings. The molecule has 0 N–H and O–H groups in total. The molecule has 1 rings (SSSR count). The Balaban J connectivity index is 2.36. The first-order chi connectivity index (χ1) is 10.1. The number of hydrogen-bond donors (Lipinski definition) is 0. The Kier molecular flexibility index (Phi) is 8.18. The summed E-state index contributed by atoms with van der Waals surface area (Å²) < 4.78 is 5.25. The lowest BCUT2D eigenvalue weighted by molar-refractivity contribution is -0.139. The number of ether oxygens (including phenoxy) is 1. The maximum Gasteiger partial charge on any atom is 0.333 e. The van der Waals surface area contributed by atoms with Gasteiger partial charge >= 0.3 is 5.97 Å². The van der Waals surface area contributed by atoms with Gasteiger partial charge in [-0.15, -0.1) is 0 Å². The van der Waals surface area contributed by atoms with E-state index in [0.717, 1.165) is 18.4 Å². The Morgan fingerprint density at radius 1 is 1.24 bits per heavy atom. The van der Waals surface area contributed by atoms with Crippen molar-refractivity contribution in [1.82, 2.24) is 0 Å². The lowest BCUT2D eigenvalue weighted by Gasteiger charge is -2.10. The van der Waals surface area contributed by atoms with Gasteiger partial charge in [-0.05, 0) is 12.0 Å².